The van der Waals surface area contributed by atoms with Crippen LogP contribution in [0.4, 0.5) is 4.79 Å². The van der Waals surface area contributed by atoms with E-state index in [4.69, 9.17) is 4.74 Å². The Morgan fingerprint density at radius 3 is 2.45 bits per heavy atom. The predicted molar refractivity (Wildman–Crippen MR) is 127 cm³/mol. The minimum atomic E-state index is -3.28. The SMILES string of the molecule is CS(=O)(=O)CCC(NC(=O)OCc1ccccc1)C(=O)NC1CCN(C2CCCCCC2)C1. The first-order valence-corrected chi connectivity index (χ1v) is 14.1. The summed E-state index contributed by atoms with van der Waals surface area (Å²) in [5.41, 5.74) is 0.828. The number of ether oxygens (including phenoxy) is 1. The third-order valence-electron chi connectivity index (χ3n) is 6.51. The number of carbonyl (C=O) groups excluding carboxylic acids is 2. The molecule has 1 aromatic rings. The summed E-state index contributed by atoms with van der Waals surface area (Å²) in [7, 11) is -3.28. The van der Waals surface area contributed by atoms with Crippen molar-refractivity contribution in [2.45, 2.75) is 76.1 Å². The summed E-state index contributed by atoms with van der Waals surface area (Å²) in [5.74, 6) is -0.550. The zero-order chi connectivity index (χ0) is 23.7. The molecule has 0 radical (unpaired) electrons. The molecular weight excluding hydrogens is 442 g/mol. The van der Waals surface area contributed by atoms with E-state index in [-0.39, 0.29) is 30.7 Å². The van der Waals surface area contributed by atoms with Crippen LogP contribution in [0.25, 0.3) is 0 Å². The fourth-order valence-electron chi connectivity index (χ4n) is 4.67. The average molecular weight is 480 g/mol. The van der Waals surface area contributed by atoms with Crippen molar-refractivity contribution in [1.29, 1.82) is 0 Å². The highest BCUT2D eigenvalue weighted by atomic mass is 32.2. The molecule has 1 aliphatic carbocycles. The summed E-state index contributed by atoms with van der Waals surface area (Å²) < 4.78 is 28.6. The first-order valence-electron chi connectivity index (χ1n) is 12.0. The molecule has 2 unspecified atom stereocenters. The molecule has 2 atom stereocenters. The van der Waals surface area contributed by atoms with Crippen molar-refractivity contribution in [3.63, 3.8) is 0 Å². The lowest BCUT2D eigenvalue weighted by Gasteiger charge is -2.27. The smallest absolute Gasteiger partial charge is 0.408 e. The lowest BCUT2D eigenvalue weighted by atomic mass is 10.1. The summed E-state index contributed by atoms with van der Waals surface area (Å²) in [5, 5.41) is 5.60. The molecule has 2 N–H and O–H groups in total. The molecule has 2 fully saturated rings. The minimum Gasteiger partial charge on any atom is -0.445 e. The summed E-state index contributed by atoms with van der Waals surface area (Å²) in [6.07, 6.45) is 8.82. The van der Waals surface area contributed by atoms with Crippen molar-refractivity contribution in [1.82, 2.24) is 15.5 Å². The lowest BCUT2D eigenvalue weighted by Crippen LogP contribution is -2.51. The van der Waals surface area contributed by atoms with E-state index in [2.05, 4.69) is 15.5 Å². The number of amides is 2. The van der Waals surface area contributed by atoms with Crippen LogP contribution in [0, 0.1) is 0 Å². The van der Waals surface area contributed by atoms with Crippen molar-refractivity contribution in [3.05, 3.63) is 35.9 Å². The van der Waals surface area contributed by atoms with Crippen molar-refractivity contribution in [2.75, 3.05) is 25.1 Å². The van der Waals surface area contributed by atoms with Crippen molar-refractivity contribution < 1.29 is 22.7 Å². The minimum absolute atomic E-state index is 0.00336. The van der Waals surface area contributed by atoms with E-state index in [0.717, 1.165) is 31.3 Å². The van der Waals surface area contributed by atoms with Crippen LogP contribution in [0.2, 0.25) is 0 Å². The molecule has 184 valence electrons. The molecule has 2 amide bonds. The molecule has 0 spiro atoms. The van der Waals surface area contributed by atoms with E-state index in [9.17, 15) is 18.0 Å². The molecule has 33 heavy (non-hydrogen) atoms. The Hall–Kier alpha value is -2.13. The molecule has 1 saturated carbocycles. The largest absolute Gasteiger partial charge is 0.445 e. The number of benzene rings is 1. The predicted octanol–water partition coefficient (Wildman–Crippen LogP) is 2.63. The van der Waals surface area contributed by atoms with Gasteiger partial charge in [-0.2, -0.15) is 0 Å². The molecule has 0 aromatic heterocycles. The number of alkyl carbamates (subject to hydrolysis) is 1. The summed E-state index contributed by atoms with van der Waals surface area (Å²) in [4.78, 5) is 27.8. The zero-order valence-electron chi connectivity index (χ0n) is 19.5. The number of carbonyl (C=O) groups is 2. The first kappa shape index (κ1) is 25.5. The van der Waals surface area contributed by atoms with Crippen LogP contribution in [-0.2, 0) is 26.0 Å². The fraction of sp³-hybridized carbons (Fsp3) is 0.667. The summed E-state index contributed by atoms with van der Waals surface area (Å²) in [6, 6.07) is 8.86. The van der Waals surface area contributed by atoms with Crippen LogP contribution in [0.5, 0.6) is 0 Å². The molecule has 8 nitrogen and oxygen atoms in total. The quantitative estimate of drug-likeness (QED) is 0.528. The standard InChI is InChI=1S/C24H37N3O5S/c1-33(30,31)16-14-22(26-24(29)32-18-19-9-5-4-6-10-19)23(28)25-20-13-15-27(17-20)21-11-7-2-3-8-12-21/h4-6,9-10,20-22H,2-3,7-8,11-18H2,1H3,(H,25,28)(H,26,29). The fourth-order valence-corrected chi connectivity index (χ4v) is 5.33. The topological polar surface area (TPSA) is 105 Å². The Balaban J connectivity index is 1.52. The van der Waals surface area contributed by atoms with E-state index in [1.165, 1.54) is 38.5 Å². The van der Waals surface area contributed by atoms with Gasteiger partial charge in [-0.3, -0.25) is 9.69 Å². The van der Waals surface area contributed by atoms with E-state index in [0.29, 0.717) is 6.04 Å². The number of rotatable bonds is 9. The van der Waals surface area contributed by atoms with Crippen molar-refractivity contribution in [3.8, 4) is 0 Å². The number of hydrogen-bond acceptors (Lipinski definition) is 6. The maximum absolute atomic E-state index is 13.0. The van der Waals surface area contributed by atoms with Crippen LogP contribution < -0.4 is 10.6 Å². The normalized spacial score (nSPS) is 21.2. The molecule has 9 heteroatoms. The Labute approximate surface area is 197 Å². The van der Waals surface area contributed by atoms with Gasteiger partial charge in [-0.15, -0.1) is 0 Å². The first-order chi connectivity index (χ1) is 15.8. The van der Waals surface area contributed by atoms with Gasteiger partial charge < -0.3 is 15.4 Å². The lowest BCUT2D eigenvalue weighted by molar-refractivity contribution is -0.123. The summed E-state index contributed by atoms with van der Waals surface area (Å²) >= 11 is 0. The number of hydrogen-bond donors (Lipinski definition) is 2. The third kappa shape index (κ3) is 8.97. The molecule has 1 saturated heterocycles. The Bertz CT molecular complexity index is 869. The maximum Gasteiger partial charge on any atom is 0.408 e. The van der Waals surface area contributed by atoms with E-state index < -0.39 is 22.0 Å². The molecule has 3 rings (SSSR count). The maximum atomic E-state index is 13.0. The number of nitrogens with one attached hydrogen (secondary N) is 2. The van der Waals surface area contributed by atoms with Gasteiger partial charge >= 0.3 is 6.09 Å². The zero-order valence-corrected chi connectivity index (χ0v) is 20.3. The van der Waals surface area contributed by atoms with Crippen LogP contribution in [0.3, 0.4) is 0 Å². The van der Waals surface area contributed by atoms with Crippen LogP contribution in [0.1, 0.15) is 56.9 Å². The van der Waals surface area contributed by atoms with Gasteiger partial charge in [-0.05, 0) is 31.2 Å². The van der Waals surface area contributed by atoms with Gasteiger partial charge in [0, 0.05) is 31.4 Å². The monoisotopic (exact) mass is 479 g/mol. The Morgan fingerprint density at radius 2 is 1.79 bits per heavy atom. The Kier molecular flexibility index (Phi) is 9.55. The van der Waals surface area contributed by atoms with E-state index in [1.54, 1.807) is 0 Å². The van der Waals surface area contributed by atoms with Gasteiger partial charge in [-0.25, -0.2) is 13.2 Å². The summed E-state index contributed by atoms with van der Waals surface area (Å²) in [6.45, 7) is 1.83. The van der Waals surface area contributed by atoms with E-state index >= 15 is 0 Å². The number of nitrogens with zero attached hydrogens (tertiary/aromatic N) is 1. The van der Waals surface area contributed by atoms with Crippen LogP contribution in [0.15, 0.2) is 30.3 Å². The van der Waals surface area contributed by atoms with Gasteiger partial charge in [0.15, 0.2) is 0 Å². The molecule has 1 aromatic carbocycles. The second-order valence-electron chi connectivity index (χ2n) is 9.31. The molecule has 1 heterocycles. The Morgan fingerprint density at radius 1 is 1.09 bits per heavy atom. The van der Waals surface area contributed by atoms with Gasteiger partial charge in [0.25, 0.3) is 0 Å². The highest BCUT2D eigenvalue weighted by molar-refractivity contribution is 7.90. The van der Waals surface area contributed by atoms with Crippen molar-refractivity contribution in [2.24, 2.45) is 0 Å². The number of sulfone groups is 1. The van der Waals surface area contributed by atoms with Gasteiger partial charge in [0.05, 0.1) is 5.75 Å². The molecule has 0 bridgehead atoms. The molecule has 1 aliphatic heterocycles. The highest BCUT2D eigenvalue weighted by Gasteiger charge is 2.31. The van der Waals surface area contributed by atoms with Crippen molar-refractivity contribution >= 4 is 21.8 Å². The molecule has 2 aliphatic rings. The van der Waals surface area contributed by atoms with Crippen LogP contribution in [-0.4, -0.2) is 68.5 Å². The third-order valence-corrected chi connectivity index (χ3v) is 7.48. The number of likely N-dealkylation sites (tertiary alicyclic amines) is 1. The van der Waals surface area contributed by atoms with Gasteiger partial charge in [0.2, 0.25) is 5.91 Å². The van der Waals surface area contributed by atoms with Crippen LogP contribution >= 0.6 is 0 Å². The second kappa shape index (κ2) is 12.4. The second-order valence-corrected chi connectivity index (χ2v) is 11.6. The average Bonchev–Trinajstić information content (AvgIpc) is 3.07. The van der Waals surface area contributed by atoms with E-state index in [1.807, 2.05) is 30.3 Å². The molecular formula is C24H37N3O5S. The van der Waals surface area contributed by atoms with Gasteiger partial charge in [0.1, 0.15) is 22.5 Å². The highest BCUT2D eigenvalue weighted by Crippen LogP contribution is 2.25. The van der Waals surface area contributed by atoms with Gasteiger partial charge in [-0.1, -0.05) is 56.0 Å².